The van der Waals surface area contributed by atoms with Crippen LogP contribution in [0.2, 0.25) is 0 Å². The van der Waals surface area contributed by atoms with Crippen LogP contribution in [0.25, 0.3) is 0 Å². The monoisotopic (exact) mass is 550 g/mol. The second-order valence-corrected chi connectivity index (χ2v) is 9.41. The Hall–Kier alpha value is -5.11. The van der Waals surface area contributed by atoms with E-state index in [1.54, 1.807) is 105 Å². The molecule has 1 heterocycles. The summed E-state index contributed by atoms with van der Waals surface area (Å²) in [5, 5.41) is 2.97. The van der Waals surface area contributed by atoms with Crippen LogP contribution in [-0.4, -0.2) is 38.6 Å². The average molecular weight is 551 g/mol. The van der Waals surface area contributed by atoms with Crippen LogP contribution in [0.3, 0.4) is 0 Å². The van der Waals surface area contributed by atoms with E-state index in [9.17, 15) is 14.4 Å². The Morgan fingerprint density at radius 1 is 0.805 bits per heavy atom. The highest BCUT2D eigenvalue weighted by Crippen LogP contribution is 2.46. The maximum Gasteiger partial charge on any atom is 0.340 e. The topological polar surface area (TPSA) is 94.2 Å². The number of nitrogens with zero attached hydrogens (tertiary/aromatic N) is 1. The largest absolute Gasteiger partial charge is 0.497 e. The lowest BCUT2D eigenvalue weighted by molar-refractivity contribution is -0.118. The Bertz CT molecular complexity index is 1570. The van der Waals surface area contributed by atoms with Gasteiger partial charge in [0.05, 0.1) is 44.0 Å². The Morgan fingerprint density at radius 2 is 1.41 bits per heavy atom. The molecule has 8 heteroatoms. The Balaban J connectivity index is 1.66. The summed E-state index contributed by atoms with van der Waals surface area (Å²) in [6.45, 7) is 1.93. The first-order chi connectivity index (χ1) is 20.0. The standard InChI is InChI=1S/C33H30N2O6/c1-4-41-33(38)27-11-7-8-12-28(27)34-31(36)29-25-9-5-6-10-26(25)32(37)35(22-15-19-24(40-3)20-16-22)30(29)21-13-17-23(39-2)18-14-21/h5-20,29-30H,4H2,1-3H3,(H,34,36)/t29-,30+/m0/s1. The molecule has 0 unspecified atom stereocenters. The van der Waals surface area contributed by atoms with E-state index in [1.165, 1.54) is 0 Å². The summed E-state index contributed by atoms with van der Waals surface area (Å²) in [7, 11) is 3.16. The molecule has 0 radical (unpaired) electrons. The van der Waals surface area contributed by atoms with Gasteiger partial charge < -0.3 is 19.5 Å². The van der Waals surface area contributed by atoms with Crippen LogP contribution >= 0.6 is 0 Å². The SMILES string of the molecule is CCOC(=O)c1ccccc1NC(=O)[C@H]1c2ccccc2C(=O)N(c2ccc(OC)cc2)[C@@H]1c1ccc(OC)cc1. The number of esters is 1. The van der Waals surface area contributed by atoms with E-state index in [4.69, 9.17) is 14.2 Å². The molecule has 4 aromatic carbocycles. The van der Waals surface area contributed by atoms with Crippen LogP contribution in [0, 0.1) is 0 Å². The quantitative estimate of drug-likeness (QED) is 0.270. The first-order valence-electron chi connectivity index (χ1n) is 13.2. The van der Waals surface area contributed by atoms with Crippen molar-refractivity contribution in [2.24, 2.45) is 0 Å². The Morgan fingerprint density at radius 3 is 2.07 bits per heavy atom. The third-order valence-electron chi connectivity index (χ3n) is 7.11. The predicted octanol–water partition coefficient (Wildman–Crippen LogP) is 6.00. The van der Waals surface area contributed by atoms with Gasteiger partial charge >= 0.3 is 5.97 Å². The van der Waals surface area contributed by atoms with Crippen LogP contribution in [0.1, 0.15) is 50.7 Å². The molecule has 1 aliphatic heterocycles. The van der Waals surface area contributed by atoms with E-state index >= 15 is 0 Å². The Kier molecular flexibility index (Phi) is 8.01. The number of nitrogens with one attached hydrogen (secondary N) is 1. The lowest BCUT2D eigenvalue weighted by Crippen LogP contribution is -2.46. The lowest BCUT2D eigenvalue weighted by Gasteiger charge is -2.42. The number of amides is 2. The van der Waals surface area contributed by atoms with Gasteiger partial charge in [-0.25, -0.2) is 4.79 Å². The molecule has 0 spiro atoms. The van der Waals surface area contributed by atoms with Crippen LogP contribution in [0.4, 0.5) is 11.4 Å². The molecule has 0 saturated heterocycles. The maximum absolute atomic E-state index is 14.3. The fraction of sp³-hybridized carbons (Fsp3) is 0.182. The molecule has 0 saturated carbocycles. The fourth-order valence-electron chi connectivity index (χ4n) is 5.18. The van der Waals surface area contributed by atoms with Gasteiger partial charge in [-0.3, -0.25) is 14.5 Å². The van der Waals surface area contributed by atoms with Crippen molar-refractivity contribution in [3.05, 3.63) is 119 Å². The van der Waals surface area contributed by atoms with Crippen molar-refractivity contribution in [3.63, 3.8) is 0 Å². The van der Waals surface area contributed by atoms with Crippen molar-refractivity contribution < 1.29 is 28.6 Å². The van der Waals surface area contributed by atoms with Crippen molar-refractivity contribution in [1.29, 1.82) is 0 Å². The molecule has 0 bridgehead atoms. The highest BCUT2D eigenvalue weighted by atomic mass is 16.5. The summed E-state index contributed by atoms with van der Waals surface area (Å²) in [6, 6.07) is 27.6. The highest BCUT2D eigenvalue weighted by Gasteiger charge is 2.45. The summed E-state index contributed by atoms with van der Waals surface area (Å²) >= 11 is 0. The van der Waals surface area contributed by atoms with Crippen LogP contribution < -0.4 is 19.7 Å². The number of benzene rings is 4. The van der Waals surface area contributed by atoms with Crippen molar-refractivity contribution in [1.82, 2.24) is 0 Å². The lowest BCUT2D eigenvalue weighted by atomic mass is 9.78. The van der Waals surface area contributed by atoms with E-state index in [1.807, 2.05) is 18.2 Å². The van der Waals surface area contributed by atoms with Crippen LogP contribution in [-0.2, 0) is 9.53 Å². The van der Waals surface area contributed by atoms with Crippen molar-refractivity contribution in [2.45, 2.75) is 18.9 Å². The van der Waals surface area contributed by atoms with E-state index < -0.39 is 17.9 Å². The molecule has 2 amide bonds. The van der Waals surface area contributed by atoms with Gasteiger partial charge in [0.2, 0.25) is 5.91 Å². The Labute approximate surface area is 238 Å². The average Bonchev–Trinajstić information content (AvgIpc) is 3.01. The molecule has 1 N–H and O–H groups in total. The molecular weight excluding hydrogens is 520 g/mol. The summed E-state index contributed by atoms with van der Waals surface area (Å²) in [4.78, 5) is 42.7. The zero-order valence-electron chi connectivity index (χ0n) is 23.0. The second kappa shape index (κ2) is 12.0. The minimum Gasteiger partial charge on any atom is -0.497 e. The second-order valence-electron chi connectivity index (χ2n) is 9.41. The maximum atomic E-state index is 14.3. The summed E-state index contributed by atoms with van der Waals surface area (Å²) in [5.41, 5.74) is 2.94. The number of ether oxygens (including phenoxy) is 3. The van der Waals surface area contributed by atoms with Gasteiger partial charge in [0.25, 0.3) is 5.91 Å². The number of carbonyl (C=O) groups excluding carboxylic acids is 3. The number of methoxy groups -OCH3 is 2. The number of fused-ring (bicyclic) bond motifs is 1. The number of hydrogen-bond acceptors (Lipinski definition) is 6. The van der Waals surface area contributed by atoms with Gasteiger partial charge in [-0.05, 0) is 72.6 Å². The number of para-hydroxylation sites is 1. The zero-order chi connectivity index (χ0) is 28.9. The van der Waals surface area contributed by atoms with Gasteiger partial charge in [0.1, 0.15) is 11.5 Å². The smallest absolute Gasteiger partial charge is 0.340 e. The molecule has 0 fully saturated rings. The molecule has 2 atom stereocenters. The van der Waals surface area contributed by atoms with Crippen molar-refractivity contribution in [2.75, 3.05) is 31.0 Å². The van der Waals surface area contributed by atoms with E-state index in [2.05, 4.69) is 5.32 Å². The molecule has 4 aromatic rings. The van der Waals surface area contributed by atoms with Gasteiger partial charge in [0, 0.05) is 11.3 Å². The minimum atomic E-state index is -0.824. The first kappa shape index (κ1) is 27.5. The number of anilines is 2. The summed E-state index contributed by atoms with van der Waals surface area (Å²) < 4.78 is 15.9. The fourth-order valence-corrected chi connectivity index (χ4v) is 5.18. The molecule has 8 nitrogen and oxygen atoms in total. The van der Waals surface area contributed by atoms with Crippen molar-refractivity contribution in [3.8, 4) is 11.5 Å². The zero-order valence-corrected chi connectivity index (χ0v) is 23.0. The predicted molar refractivity (Wildman–Crippen MR) is 156 cm³/mol. The van der Waals surface area contributed by atoms with Crippen LogP contribution in [0.15, 0.2) is 97.1 Å². The van der Waals surface area contributed by atoms with E-state index in [0.29, 0.717) is 34.0 Å². The number of carbonyl (C=O) groups is 3. The molecule has 0 aromatic heterocycles. The molecular formula is C33H30N2O6. The van der Waals surface area contributed by atoms with Gasteiger partial charge in [-0.1, -0.05) is 42.5 Å². The van der Waals surface area contributed by atoms with E-state index in [0.717, 1.165) is 5.56 Å². The molecule has 208 valence electrons. The normalized spacial score (nSPS) is 16.0. The van der Waals surface area contributed by atoms with Crippen LogP contribution in [0.5, 0.6) is 11.5 Å². The first-order valence-corrected chi connectivity index (χ1v) is 13.2. The molecule has 5 rings (SSSR count). The third-order valence-corrected chi connectivity index (χ3v) is 7.11. The molecule has 0 aliphatic carbocycles. The van der Waals surface area contributed by atoms with Gasteiger partial charge in [0.15, 0.2) is 0 Å². The van der Waals surface area contributed by atoms with Gasteiger partial charge in [-0.15, -0.1) is 0 Å². The molecule has 41 heavy (non-hydrogen) atoms. The molecule has 1 aliphatic rings. The minimum absolute atomic E-state index is 0.204. The highest BCUT2D eigenvalue weighted by molar-refractivity contribution is 6.13. The van der Waals surface area contributed by atoms with E-state index in [-0.39, 0.29) is 24.0 Å². The van der Waals surface area contributed by atoms with Gasteiger partial charge in [-0.2, -0.15) is 0 Å². The summed E-state index contributed by atoms with van der Waals surface area (Å²) in [6.07, 6.45) is 0. The number of rotatable bonds is 8. The summed E-state index contributed by atoms with van der Waals surface area (Å²) in [5.74, 6) is -0.673. The third kappa shape index (κ3) is 5.36. The number of hydrogen-bond donors (Lipinski definition) is 1. The van der Waals surface area contributed by atoms with Crippen molar-refractivity contribution >= 4 is 29.2 Å².